The average Bonchev–Trinajstić information content (AvgIpc) is 2.56. The van der Waals surface area contributed by atoms with E-state index in [1.807, 2.05) is 6.07 Å². The first-order valence-corrected chi connectivity index (χ1v) is 8.51. The summed E-state index contributed by atoms with van der Waals surface area (Å²) >= 11 is 0. The number of ether oxygens (including phenoxy) is 1. The first kappa shape index (κ1) is 13.9. The van der Waals surface area contributed by atoms with Crippen LogP contribution in [0.3, 0.4) is 0 Å². The second-order valence-corrected chi connectivity index (χ2v) is 7.14. The SMILES string of the molecule is COc1ccc2[nH+]c3c(c(N)c2c1)CC1(CCCCC1)CC3. The van der Waals surface area contributed by atoms with E-state index in [-0.39, 0.29) is 0 Å². The van der Waals surface area contributed by atoms with E-state index in [0.29, 0.717) is 5.41 Å². The molecule has 0 saturated heterocycles. The van der Waals surface area contributed by atoms with E-state index in [9.17, 15) is 0 Å². The van der Waals surface area contributed by atoms with E-state index in [1.54, 1.807) is 7.11 Å². The molecule has 4 rings (SSSR count). The number of fused-ring (bicyclic) bond motifs is 2. The third-order valence-corrected chi connectivity index (χ3v) is 5.86. The van der Waals surface area contributed by atoms with Crippen LogP contribution < -0.4 is 15.5 Å². The van der Waals surface area contributed by atoms with Gasteiger partial charge in [0.15, 0.2) is 5.69 Å². The number of aromatic amines is 1. The van der Waals surface area contributed by atoms with E-state index < -0.39 is 0 Å². The van der Waals surface area contributed by atoms with Crippen molar-refractivity contribution in [2.45, 2.75) is 51.4 Å². The Morgan fingerprint density at radius 2 is 1.95 bits per heavy atom. The van der Waals surface area contributed by atoms with Crippen molar-refractivity contribution in [3.05, 3.63) is 29.5 Å². The lowest BCUT2D eigenvalue weighted by molar-refractivity contribution is -0.360. The number of H-pyrrole nitrogens is 1. The summed E-state index contributed by atoms with van der Waals surface area (Å²) in [5.74, 6) is 0.871. The molecular weight excluding hydrogens is 272 g/mol. The van der Waals surface area contributed by atoms with Crippen molar-refractivity contribution >= 4 is 16.6 Å². The van der Waals surface area contributed by atoms with E-state index in [1.165, 1.54) is 49.8 Å². The fraction of sp³-hybridized carbons (Fsp3) is 0.526. The number of rotatable bonds is 1. The van der Waals surface area contributed by atoms with Crippen LogP contribution in [0.15, 0.2) is 18.2 Å². The van der Waals surface area contributed by atoms with Crippen LogP contribution in [0, 0.1) is 5.41 Å². The van der Waals surface area contributed by atoms with Gasteiger partial charge in [-0.1, -0.05) is 19.3 Å². The van der Waals surface area contributed by atoms with E-state index >= 15 is 0 Å². The van der Waals surface area contributed by atoms with Crippen LogP contribution in [0.1, 0.15) is 49.8 Å². The number of nitrogen functional groups attached to an aromatic ring is 1. The molecule has 0 unspecified atom stereocenters. The number of benzene rings is 1. The lowest BCUT2D eigenvalue weighted by Gasteiger charge is -2.40. The molecule has 116 valence electrons. The number of pyridine rings is 1. The monoisotopic (exact) mass is 297 g/mol. The third-order valence-electron chi connectivity index (χ3n) is 5.86. The molecule has 2 aliphatic carbocycles. The molecule has 3 N–H and O–H groups in total. The molecule has 1 aromatic heterocycles. The van der Waals surface area contributed by atoms with Crippen molar-refractivity contribution in [1.82, 2.24) is 0 Å². The Morgan fingerprint density at radius 1 is 1.14 bits per heavy atom. The number of anilines is 1. The van der Waals surface area contributed by atoms with E-state index in [4.69, 9.17) is 10.5 Å². The van der Waals surface area contributed by atoms with E-state index in [2.05, 4.69) is 17.1 Å². The minimum Gasteiger partial charge on any atom is -0.497 e. The van der Waals surface area contributed by atoms with Gasteiger partial charge in [0.1, 0.15) is 5.75 Å². The zero-order chi connectivity index (χ0) is 15.2. The second-order valence-electron chi connectivity index (χ2n) is 7.14. The summed E-state index contributed by atoms with van der Waals surface area (Å²) in [6.07, 6.45) is 10.5. The maximum Gasteiger partial charge on any atom is 0.213 e. The second kappa shape index (κ2) is 5.15. The third kappa shape index (κ3) is 2.15. The number of nitrogens with two attached hydrogens (primary N) is 1. The van der Waals surface area contributed by atoms with Crippen molar-refractivity contribution in [1.29, 1.82) is 0 Å². The van der Waals surface area contributed by atoms with Gasteiger partial charge in [0.25, 0.3) is 0 Å². The van der Waals surface area contributed by atoms with Crippen LogP contribution in [0.2, 0.25) is 0 Å². The average molecular weight is 297 g/mol. The lowest BCUT2D eigenvalue weighted by Crippen LogP contribution is -2.35. The Hall–Kier alpha value is -1.77. The summed E-state index contributed by atoms with van der Waals surface area (Å²) in [5.41, 5.74) is 11.9. The molecule has 3 heteroatoms. The first-order chi connectivity index (χ1) is 10.7. The lowest BCUT2D eigenvalue weighted by atomic mass is 9.64. The molecule has 2 aromatic rings. The number of nitrogens with one attached hydrogen (secondary N) is 1. The van der Waals surface area contributed by atoms with Crippen molar-refractivity contribution in [2.24, 2.45) is 5.41 Å². The molecule has 1 spiro atoms. The van der Waals surface area contributed by atoms with E-state index in [0.717, 1.165) is 35.2 Å². The molecule has 1 fully saturated rings. The number of methoxy groups -OCH3 is 1. The minimum atomic E-state index is 0.514. The Labute approximate surface area is 131 Å². The molecule has 0 aliphatic heterocycles. The quantitative estimate of drug-likeness (QED) is 0.873. The van der Waals surface area contributed by atoms with Gasteiger partial charge in [-0.2, -0.15) is 0 Å². The van der Waals surface area contributed by atoms with Crippen LogP contribution >= 0.6 is 0 Å². The summed E-state index contributed by atoms with van der Waals surface area (Å²) in [4.78, 5) is 3.63. The summed E-state index contributed by atoms with van der Waals surface area (Å²) in [5, 5.41) is 1.10. The van der Waals surface area contributed by atoms with Crippen LogP contribution in [0.4, 0.5) is 5.69 Å². The molecule has 22 heavy (non-hydrogen) atoms. The predicted octanol–water partition coefficient (Wildman–Crippen LogP) is 3.68. The van der Waals surface area contributed by atoms with Crippen molar-refractivity contribution in [2.75, 3.05) is 12.8 Å². The normalized spacial score (nSPS) is 20.0. The van der Waals surface area contributed by atoms with Crippen molar-refractivity contribution in [3.8, 4) is 5.75 Å². The van der Waals surface area contributed by atoms with Gasteiger partial charge in [-0.05, 0) is 43.2 Å². The van der Waals surface area contributed by atoms with Gasteiger partial charge in [-0.25, -0.2) is 4.98 Å². The van der Waals surface area contributed by atoms with Crippen LogP contribution in [0.5, 0.6) is 5.75 Å². The molecule has 1 heterocycles. The van der Waals surface area contributed by atoms with Gasteiger partial charge in [-0.3, -0.25) is 0 Å². The summed E-state index contributed by atoms with van der Waals surface area (Å²) < 4.78 is 5.36. The van der Waals surface area contributed by atoms with Crippen LogP contribution in [0.25, 0.3) is 10.9 Å². The van der Waals surface area contributed by atoms with Crippen LogP contribution in [-0.2, 0) is 12.8 Å². The molecule has 0 bridgehead atoms. The molecule has 0 atom stereocenters. The highest BCUT2D eigenvalue weighted by Gasteiger charge is 2.39. The fourth-order valence-corrected chi connectivity index (χ4v) is 4.54. The number of hydrogen-bond donors (Lipinski definition) is 1. The fourth-order valence-electron chi connectivity index (χ4n) is 4.54. The minimum absolute atomic E-state index is 0.514. The standard InChI is InChI=1S/C19H24N2O/c1-22-13-5-6-16-14(11-13)18(20)15-12-19(8-3-2-4-9-19)10-7-17(15)21-16/h5-6,11H,2-4,7-10,12H2,1H3,(H2,20,21)/p+1. The maximum absolute atomic E-state index is 6.58. The molecular formula is C19H25N2O+. The molecule has 3 nitrogen and oxygen atoms in total. The topological polar surface area (TPSA) is 49.4 Å². The van der Waals surface area contributed by atoms with Gasteiger partial charge in [-0.15, -0.1) is 0 Å². The van der Waals surface area contributed by atoms with Gasteiger partial charge in [0.05, 0.1) is 18.2 Å². The van der Waals surface area contributed by atoms with Crippen molar-refractivity contribution < 1.29 is 9.72 Å². The smallest absolute Gasteiger partial charge is 0.213 e. The Balaban J connectivity index is 1.81. The highest BCUT2D eigenvalue weighted by Crippen LogP contribution is 2.47. The van der Waals surface area contributed by atoms with Crippen molar-refractivity contribution in [3.63, 3.8) is 0 Å². The van der Waals surface area contributed by atoms with Crippen LogP contribution in [-0.4, -0.2) is 7.11 Å². The van der Waals surface area contributed by atoms with Gasteiger partial charge in [0.2, 0.25) is 5.52 Å². The zero-order valence-electron chi connectivity index (χ0n) is 13.4. The number of aromatic nitrogens is 1. The number of hydrogen-bond acceptors (Lipinski definition) is 2. The van der Waals surface area contributed by atoms with Gasteiger partial charge in [0, 0.05) is 18.1 Å². The Kier molecular flexibility index (Phi) is 3.24. The Bertz CT molecular complexity index is 717. The first-order valence-electron chi connectivity index (χ1n) is 8.51. The summed E-state index contributed by atoms with van der Waals surface area (Å²) in [7, 11) is 1.70. The predicted molar refractivity (Wildman–Crippen MR) is 89.0 cm³/mol. The molecule has 2 aliphatic rings. The molecule has 0 radical (unpaired) electrons. The molecule has 1 aromatic carbocycles. The molecule has 0 amide bonds. The Morgan fingerprint density at radius 3 is 2.73 bits per heavy atom. The van der Waals surface area contributed by atoms with Gasteiger partial charge >= 0.3 is 0 Å². The zero-order valence-corrected chi connectivity index (χ0v) is 13.4. The molecule has 1 saturated carbocycles. The maximum atomic E-state index is 6.58. The summed E-state index contributed by atoms with van der Waals surface area (Å²) in [6.45, 7) is 0. The number of aryl methyl sites for hydroxylation is 1. The largest absolute Gasteiger partial charge is 0.497 e. The van der Waals surface area contributed by atoms with Gasteiger partial charge < -0.3 is 10.5 Å². The highest BCUT2D eigenvalue weighted by molar-refractivity contribution is 5.91. The highest BCUT2D eigenvalue weighted by atomic mass is 16.5. The summed E-state index contributed by atoms with van der Waals surface area (Å²) in [6, 6.07) is 6.13.